The number of piperidine rings is 1. The van der Waals surface area contributed by atoms with E-state index in [0.29, 0.717) is 6.54 Å². The van der Waals surface area contributed by atoms with Crippen LogP contribution in [0, 0.1) is 5.92 Å². The summed E-state index contributed by atoms with van der Waals surface area (Å²) in [6, 6.07) is -0.177. The third-order valence-corrected chi connectivity index (χ3v) is 6.43. The highest BCUT2D eigenvalue weighted by Crippen LogP contribution is 2.35. The van der Waals surface area contributed by atoms with Crippen LogP contribution in [-0.4, -0.2) is 55.4 Å². The van der Waals surface area contributed by atoms with Gasteiger partial charge in [0.05, 0.1) is 13.2 Å². The second kappa shape index (κ2) is 7.07. The smallest absolute Gasteiger partial charge is 0.322 e. The number of carbonyl (C=O) groups excluding carboxylic acids is 1. The molecule has 1 heterocycles. The van der Waals surface area contributed by atoms with Crippen LogP contribution in [0.25, 0.3) is 0 Å². The largest absolute Gasteiger partial charge is 0.468 e. The second-order valence-electron chi connectivity index (χ2n) is 6.02. The zero-order valence-corrected chi connectivity index (χ0v) is 13.3. The van der Waals surface area contributed by atoms with Crippen LogP contribution in [0.3, 0.4) is 0 Å². The molecule has 1 N–H and O–H groups in total. The number of sulfonamides is 1. The van der Waals surface area contributed by atoms with Crippen LogP contribution in [0.2, 0.25) is 0 Å². The van der Waals surface area contributed by atoms with Crippen molar-refractivity contribution >= 4 is 16.0 Å². The number of aliphatic hydroxyl groups excluding tert-OH is 1. The molecule has 0 radical (unpaired) electrons. The molecule has 0 amide bonds. The van der Waals surface area contributed by atoms with Gasteiger partial charge in [-0.05, 0) is 25.7 Å². The van der Waals surface area contributed by atoms with E-state index >= 15 is 0 Å². The molecule has 3 unspecified atom stereocenters. The molecule has 7 heteroatoms. The highest BCUT2D eigenvalue weighted by molar-refractivity contribution is 7.89. The van der Waals surface area contributed by atoms with Crippen molar-refractivity contribution in [2.45, 2.75) is 57.1 Å². The van der Waals surface area contributed by atoms with Crippen LogP contribution < -0.4 is 0 Å². The van der Waals surface area contributed by atoms with E-state index in [2.05, 4.69) is 4.74 Å². The molecule has 2 fully saturated rings. The van der Waals surface area contributed by atoms with Gasteiger partial charge in [-0.15, -0.1) is 0 Å². The molecular weight excluding hydrogens is 294 g/mol. The van der Waals surface area contributed by atoms with Crippen molar-refractivity contribution in [3.63, 3.8) is 0 Å². The quantitative estimate of drug-likeness (QED) is 0.778. The number of hydrogen-bond acceptors (Lipinski definition) is 5. The number of esters is 1. The Kier molecular flexibility index (Phi) is 5.62. The third kappa shape index (κ3) is 3.96. The maximum atomic E-state index is 12.5. The van der Waals surface area contributed by atoms with E-state index in [9.17, 15) is 18.3 Å². The Morgan fingerprint density at radius 3 is 2.52 bits per heavy atom. The highest BCUT2D eigenvalue weighted by atomic mass is 32.2. The van der Waals surface area contributed by atoms with E-state index in [1.54, 1.807) is 0 Å². The molecule has 0 aromatic rings. The van der Waals surface area contributed by atoms with E-state index in [4.69, 9.17) is 0 Å². The van der Waals surface area contributed by atoms with E-state index < -0.39 is 27.8 Å². The molecule has 0 aromatic heterocycles. The Labute approximate surface area is 126 Å². The third-order valence-electron chi connectivity index (χ3n) is 4.66. The van der Waals surface area contributed by atoms with Crippen molar-refractivity contribution in [1.82, 2.24) is 4.31 Å². The summed E-state index contributed by atoms with van der Waals surface area (Å²) in [5, 5.41) is 10.2. The van der Waals surface area contributed by atoms with Crippen molar-refractivity contribution in [2.24, 2.45) is 5.92 Å². The normalized spacial score (nSPS) is 31.8. The average Bonchev–Trinajstić information content (AvgIpc) is 2.47. The highest BCUT2D eigenvalue weighted by Gasteiger charge is 2.41. The monoisotopic (exact) mass is 319 g/mol. The lowest BCUT2D eigenvalue weighted by Gasteiger charge is -2.42. The first-order chi connectivity index (χ1) is 9.95. The number of aliphatic hydroxyl groups is 1. The molecule has 2 rings (SSSR count). The fraction of sp³-hybridized carbons (Fsp3) is 0.929. The van der Waals surface area contributed by atoms with Gasteiger partial charge in [-0.3, -0.25) is 4.79 Å². The van der Waals surface area contributed by atoms with Crippen LogP contribution in [0.1, 0.15) is 44.9 Å². The first-order valence-corrected chi connectivity index (χ1v) is 9.31. The van der Waals surface area contributed by atoms with Gasteiger partial charge in [0.2, 0.25) is 10.0 Å². The lowest BCUT2D eigenvalue weighted by Crippen LogP contribution is -2.52. The summed E-state index contributed by atoms with van der Waals surface area (Å²) in [7, 11) is -2.48. The first-order valence-electron chi connectivity index (χ1n) is 7.70. The molecule has 21 heavy (non-hydrogen) atoms. The molecule has 0 spiro atoms. The van der Waals surface area contributed by atoms with Crippen LogP contribution >= 0.6 is 0 Å². The van der Waals surface area contributed by atoms with Gasteiger partial charge in [0.25, 0.3) is 0 Å². The Balaban J connectivity index is 2.16. The lowest BCUT2D eigenvalue weighted by atomic mass is 9.79. The van der Waals surface area contributed by atoms with Gasteiger partial charge in [0.15, 0.2) is 5.75 Å². The number of ether oxygens (including phenoxy) is 1. The van der Waals surface area contributed by atoms with Crippen molar-refractivity contribution in [1.29, 1.82) is 0 Å². The maximum absolute atomic E-state index is 12.5. The van der Waals surface area contributed by atoms with Gasteiger partial charge >= 0.3 is 5.97 Å². The number of methoxy groups -OCH3 is 1. The summed E-state index contributed by atoms with van der Waals surface area (Å²) >= 11 is 0. The van der Waals surface area contributed by atoms with Gasteiger partial charge in [-0.2, -0.15) is 4.31 Å². The molecule has 2 aliphatic rings. The fourth-order valence-electron chi connectivity index (χ4n) is 3.58. The maximum Gasteiger partial charge on any atom is 0.322 e. The van der Waals surface area contributed by atoms with E-state index in [-0.39, 0.29) is 12.0 Å². The molecule has 1 saturated heterocycles. The summed E-state index contributed by atoms with van der Waals surface area (Å²) in [6.45, 7) is 0.438. The van der Waals surface area contributed by atoms with Crippen molar-refractivity contribution in [2.75, 3.05) is 19.4 Å². The standard InChI is InChI=1S/C14H25NO5S/c1-20-14(17)10-21(18,19)15-9-5-4-7-12(15)11-6-2-3-8-13(11)16/h11-13,16H,2-10H2,1H3. The second-order valence-corrected chi connectivity index (χ2v) is 7.94. The molecule has 1 saturated carbocycles. The first kappa shape index (κ1) is 16.7. The van der Waals surface area contributed by atoms with Gasteiger partial charge in [-0.1, -0.05) is 19.3 Å². The minimum atomic E-state index is -3.67. The molecular formula is C14H25NO5S. The van der Waals surface area contributed by atoms with Crippen LogP contribution in [-0.2, 0) is 19.6 Å². The Morgan fingerprint density at radius 1 is 1.19 bits per heavy atom. The predicted octanol–water partition coefficient (Wildman–Crippen LogP) is 0.895. The van der Waals surface area contributed by atoms with Crippen molar-refractivity contribution in [3.05, 3.63) is 0 Å². The molecule has 0 bridgehead atoms. The molecule has 3 atom stereocenters. The Morgan fingerprint density at radius 2 is 1.86 bits per heavy atom. The summed E-state index contributed by atoms with van der Waals surface area (Å²) in [6.07, 6.45) is 5.74. The van der Waals surface area contributed by atoms with Gasteiger partial charge in [0, 0.05) is 18.5 Å². The zero-order chi connectivity index (χ0) is 15.5. The van der Waals surface area contributed by atoms with Crippen molar-refractivity contribution < 1.29 is 23.1 Å². The zero-order valence-electron chi connectivity index (χ0n) is 12.5. The fourth-order valence-corrected chi connectivity index (χ4v) is 5.25. The summed E-state index contributed by atoms with van der Waals surface area (Å²) in [5.41, 5.74) is 0. The summed E-state index contributed by atoms with van der Waals surface area (Å²) in [5.74, 6) is -1.35. The minimum Gasteiger partial charge on any atom is -0.468 e. The van der Waals surface area contributed by atoms with Crippen LogP contribution in [0.4, 0.5) is 0 Å². The Bertz CT molecular complexity index is 464. The van der Waals surface area contributed by atoms with E-state index in [1.165, 1.54) is 11.4 Å². The molecule has 6 nitrogen and oxygen atoms in total. The summed E-state index contributed by atoms with van der Waals surface area (Å²) < 4.78 is 30.9. The molecule has 0 aromatic carbocycles. The Hall–Kier alpha value is -0.660. The SMILES string of the molecule is COC(=O)CS(=O)(=O)N1CCCCC1C1CCCCC1O. The molecule has 122 valence electrons. The van der Waals surface area contributed by atoms with Gasteiger partial charge in [0.1, 0.15) is 0 Å². The number of hydrogen-bond donors (Lipinski definition) is 1. The average molecular weight is 319 g/mol. The summed E-state index contributed by atoms with van der Waals surface area (Å²) in [4.78, 5) is 11.3. The number of nitrogens with zero attached hydrogens (tertiary/aromatic N) is 1. The van der Waals surface area contributed by atoms with Crippen LogP contribution in [0.15, 0.2) is 0 Å². The van der Waals surface area contributed by atoms with Crippen molar-refractivity contribution in [3.8, 4) is 0 Å². The molecule has 1 aliphatic heterocycles. The predicted molar refractivity (Wildman–Crippen MR) is 78.1 cm³/mol. The van der Waals surface area contributed by atoms with E-state index in [0.717, 1.165) is 44.9 Å². The van der Waals surface area contributed by atoms with Gasteiger partial charge < -0.3 is 9.84 Å². The van der Waals surface area contributed by atoms with E-state index in [1.807, 2.05) is 0 Å². The number of rotatable bonds is 4. The minimum absolute atomic E-state index is 0.00790. The number of carbonyl (C=O) groups is 1. The topological polar surface area (TPSA) is 83.9 Å². The van der Waals surface area contributed by atoms with Crippen LogP contribution in [0.5, 0.6) is 0 Å². The van der Waals surface area contributed by atoms with Gasteiger partial charge in [-0.25, -0.2) is 8.42 Å². The lowest BCUT2D eigenvalue weighted by molar-refractivity contribution is -0.137. The molecule has 1 aliphatic carbocycles.